The van der Waals surface area contributed by atoms with Crippen molar-refractivity contribution >= 4 is 23.6 Å². The van der Waals surface area contributed by atoms with Crippen molar-refractivity contribution in [2.45, 2.75) is 6.92 Å². The van der Waals surface area contributed by atoms with E-state index in [4.69, 9.17) is 21.4 Å². The third kappa shape index (κ3) is 4.07. The van der Waals surface area contributed by atoms with Crippen LogP contribution in [-0.2, 0) is 4.79 Å². The quantitative estimate of drug-likeness (QED) is 0.834. The monoisotopic (exact) mass is 306 g/mol. The van der Waals surface area contributed by atoms with Gasteiger partial charge >= 0.3 is 5.97 Å². The third-order valence-electron chi connectivity index (χ3n) is 2.75. The van der Waals surface area contributed by atoms with Crippen LogP contribution in [0.4, 0.5) is 4.39 Å². The van der Waals surface area contributed by atoms with E-state index in [0.717, 1.165) is 11.6 Å². The van der Waals surface area contributed by atoms with Gasteiger partial charge in [0.2, 0.25) is 0 Å². The number of aliphatic carboxylic acids is 1. The second-order valence-corrected chi connectivity index (χ2v) is 4.78. The molecule has 108 valence electrons. The van der Waals surface area contributed by atoms with Crippen molar-refractivity contribution in [3.8, 4) is 11.5 Å². The van der Waals surface area contributed by atoms with Crippen LogP contribution in [0.3, 0.4) is 0 Å². The van der Waals surface area contributed by atoms with Crippen LogP contribution in [0.2, 0.25) is 5.02 Å². The molecule has 1 N–H and O–H groups in total. The minimum absolute atomic E-state index is 0.0252. The van der Waals surface area contributed by atoms with Gasteiger partial charge in [0.05, 0.1) is 5.02 Å². The van der Waals surface area contributed by atoms with Crippen LogP contribution in [0.1, 0.15) is 11.1 Å². The van der Waals surface area contributed by atoms with Crippen molar-refractivity contribution in [1.29, 1.82) is 0 Å². The lowest BCUT2D eigenvalue weighted by Gasteiger charge is -2.10. The van der Waals surface area contributed by atoms with Crippen molar-refractivity contribution in [2.75, 3.05) is 0 Å². The summed E-state index contributed by atoms with van der Waals surface area (Å²) in [6.07, 6.45) is 2.49. The van der Waals surface area contributed by atoms with E-state index in [9.17, 15) is 9.18 Å². The highest BCUT2D eigenvalue weighted by Crippen LogP contribution is 2.28. The molecule has 0 saturated carbocycles. The van der Waals surface area contributed by atoms with Crippen molar-refractivity contribution in [1.82, 2.24) is 0 Å². The Morgan fingerprint density at radius 2 is 2.05 bits per heavy atom. The highest BCUT2D eigenvalue weighted by molar-refractivity contribution is 6.30. The first-order valence-electron chi connectivity index (χ1n) is 6.10. The topological polar surface area (TPSA) is 46.5 Å². The minimum atomic E-state index is -1.03. The molecule has 0 bridgehead atoms. The molecule has 3 nitrogen and oxygen atoms in total. The number of hydrogen-bond donors (Lipinski definition) is 1. The standard InChI is InChI=1S/C16H12ClFO3/c1-10-2-3-11(4-7-16(19)20)8-15(10)21-12-5-6-13(17)14(18)9-12/h2-9H,1H3,(H,19,20)/b7-4+. The molecule has 2 rings (SSSR count). The van der Waals surface area contributed by atoms with Crippen LogP contribution < -0.4 is 4.74 Å². The molecular weight excluding hydrogens is 295 g/mol. The first-order valence-corrected chi connectivity index (χ1v) is 6.48. The summed E-state index contributed by atoms with van der Waals surface area (Å²) in [5.74, 6) is -0.754. The van der Waals surface area contributed by atoms with Gasteiger partial charge in [-0.1, -0.05) is 23.7 Å². The van der Waals surface area contributed by atoms with Gasteiger partial charge in [0.1, 0.15) is 17.3 Å². The van der Waals surface area contributed by atoms with E-state index in [0.29, 0.717) is 17.1 Å². The Hall–Kier alpha value is -2.33. The number of aryl methyl sites for hydroxylation is 1. The zero-order valence-electron chi connectivity index (χ0n) is 11.1. The molecule has 0 aliphatic heterocycles. The molecule has 0 spiro atoms. The van der Waals surface area contributed by atoms with Crippen LogP contribution in [0, 0.1) is 12.7 Å². The van der Waals surface area contributed by atoms with Crippen molar-refractivity contribution < 1.29 is 19.0 Å². The van der Waals surface area contributed by atoms with Crippen LogP contribution in [0.15, 0.2) is 42.5 Å². The lowest BCUT2D eigenvalue weighted by Crippen LogP contribution is -1.90. The van der Waals surface area contributed by atoms with Gasteiger partial charge in [-0.3, -0.25) is 0 Å². The molecule has 0 atom stereocenters. The predicted octanol–water partition coefficient (Wildman–Crippen LogP) is 4.68. The van der Waals surface area contributed by atoms with Crippen LogP contribution in [0.5, 0.6) is 11.5 Å². The maximum Gasteiger partial charge on any atom is 0.328 e. The molecule has 0 fully saturated rings. The highest BCUT2D eigenvalue weighted by Gasteiger charge is 2.06. The highest BCUT2D eigenvalue weighted by atomic mass is 35.5. The lowest BCUT2D eigenvalue weighted by atomic mass is 10.1. The Balaban J connectivity index is 2.28. The summed E-state index contributed by atoms with van der Waals surface area (Å²) < 4.78 is 19.0. The largest absolute Gasteiger partial charge is 0.478 e. The maximum atomic E-state index is 13.4. The molecule has 5 heteroatoms. The average Bonchev–Trinajstić information content (AvgIpc) is 2.43. The SMILES string of the molecule is Cc1ccc(/C=C/C(=O)O)cc1Oc1ccc(Cl)c(F)c1. The van der Waals surface area contributed by atoms with Gasteiger partial charge < -0.3 is 9.84 Å². The molecule has 0 saturated heterocycles. The molecule has 0 radical (unpaired) electrons. The average molecular weight is 307 g/mol. The molecule has 2 aromatic rings. The fourth-order valence-corrected chi connectivity index (χ4v) is 1.78. The summed E-state index contributed by atoms with van der Waals surface area (Å²) >= 11 is 5.62. The van der Waals surface area contributed by atoms with E-state index in [1.807, 2.05) is 6.92 Å². The Morgan fingerprint density at radius 3 is 2.71 bits per heavy atom. The fourth-order valence-electron chi connectivity index (χ4n) is 1.67. The summed E-state index contributed by atoms with van der Waals surface area (Å²) in [7, 11) is 0. The second-order valence-electron chi connectivity index (χ2n) is 4.37. The maximum absolute atomic E-state index is 13.4. The van der Waals surface area contributed by atoms with Crippen LogP contribution in [0.25, 0.3) is 6.08 Å². The molecule has 0 unspecified atom stereocenters. The van der Waals surface area contributed by atoms with Gasteiger partial charge in [-0.2, -0.15) is 0 Å². The van der Waals surface area contributed by atoms with Gasteiger partial charge in [0, 0.05) is 12.1 Å². The van der Waals surface area contributed by atoms with E-state index in [1.165, 1.54) is 18.2 Å². The van der Waals surface area contributed by atoms with Gasteiger partial charge in [0.15, 0.2) is 0 Å². The summed E-state index contributed by atoms with van der Waals surface area (Å²) in [6.45, 7) is 1.84. The molecule has 0 aliphatic carbocycles. The molecule has 0 heterocycles. The number of rotatable bonds is 4. The van der Waals surface area contributed by atoms with Gasteiger partial charge in [-0.25, -0.2) is 9.18 Å². The smallest absolute Gasteiger partial charge is 0.328 e. The number of hydrogen-bond acceptors (Lipinski definition) is 2. The molecule has 0 amide bonds. The Morgan fingerprint density at radius 1 is 1.29 bits per heavy atom. The summed E-state index contributed by atoms with van der Waals surface area (Å²) in [6, 6.07) is 9.41. The first kappa shape index (κ1) is 15.1. The van der Waals surface area contributed by atoms with E-state index in [2.05, 4.69) is 0 Å². The predicted molar refractivity (Wildman–Crippen MR) is 79.3 cm³/mol. The van der Waals surface area contributed by atoms with E-state index in [1.54, 1.807) is 24.3 Å². The number of ether oxygens (including phenoxy) is 1. The summed E-state index contributed by atoms with van der Waals surface area (Å²) in [5.41, 5.74) is 1.52. The lowest BCUT2D eigenvalue weighted by molar-refractivity contribution is -0.131. The summed E-state index contributed by atoms with van der Waals surface area (Å²) in [4.78, 5) is 10.5. The molecule has 21 heavy (non-hydrogen) atoms. The van der Waals surface area contributed by atoms with Gasteiger partial charge in [-0.05, 0) is 42.3 Å². The molecule has 2 aromatic carbocycles. The second kappa shape index (κ2) is 6.41. The number of halogens is 2. The van der Waals surface area contributed by atoms with Crippen molar-refractivity contribution in [3.63, 3.8) is 0 Å². The zero-order valence-corrected chi connectivity index (χ0v) is 11.9. The Labute approximate surface area is 126 Å². The van der Waals surface area contributed by atoms with E-state index in [-0.39, 0.29) is 5.02 Å². The van der Waals surface area contributed by atoms with Crippen molar-refractivity contribution in [3.05, 3.63) is 64.4 Å². The normalized spacial score (nSPS) is 10.8. The number of carboxylic acids is 1. The van der Waals surface area contributed by atoms with Crippen LogP contribution >= 0.6 is 11.6 Å². The fraction of sp³-hybridized carbons (Fsp3) is 0.0625. The van der Waals surface area contributed by atoms with Gasteiger partial charge in [-0.15, -0.1) is 0 Å². The number of carboxylic acid groups (broad SMARTS) is 1. The van der Waals surface area contributed by atoms with E-state index < -0.39 is 11.8 Å². The Kier molecular flexibility index (Phi) is 4.60. The van der Waals surface area contributed by atoms with Gasteiger partial charge in [0.25, 0.3) is 0 Å². The molecule has 0 aromatic heterocycles. The number of carbonyl (C=O) groups is 1. The third-order valence-corrected chi connectivity index (χ3v) is 3.06. The molecular formula is C16H12ClFO3. The van der Waals surface area contributed by atoms with Crippen molar-refractivity contribution in [2.24, 2.45) is 0 Å². The molecule has 0 aliphatic rings. The first-order chi connectivity index (χ1) is 9.95. The zero-order chi connectivity index (χ0) is 15.4. The summed E-state index contributed by atoms with van der Waals surface area (Å²) in [5, 5.41) is 8.64. The number of benzene rings is 2. The Bertz CT molecular complexity index is 711. The van der Waals surface area contributed by atoms with Crippen LogP contribution in [-0.4, -0.2) is 11.1 Å². The van der Waals surface area contributed by atoms with E-state index >= 15 is 0 Å². The minimum Gasteiger partial charge on any atom is -0.478 e.